The van der Waals surface area contributed by atoms with Crippen LogP contribution in [-0.4, -0.2) is 52.1 Å². The Morgan fingerprint density at radius 1 is 0.909 bits per heavy atom. The summed E-state index contributed by atoms with van der Waals surface area (Å²) in [5.74, 6) is -0.525. The van der Waals surface area contributed by atoms with Gasteiger partial charge in [0.1, 0.15) is 23.4 Å². The van der Waals surface area contributed by atoms with Gasteiger partial charge in [-0.3, -0.25) is 9.59 Å². The summed E-state index contributed by atoms with van der Waals surface area (Å²) in [6, 6.07) is 12.5. The van der Waals surface area contributed by atoms with E-state index in [9.17, 15) is 19.5 Å². The summed E-state index contributed by atoms with van der Waals surface area (Å²) >= 11 is 0. The third kappa shape index (κ3) is 12.6. The number of ether oxygens (including phenoxy) is 1. The van der Waals surface area contributed by atoms with E-state index in [0.717, 1.165) is 50.5 Å². The molecule has 0 radical (unpaired) electrons. The van der Waals surface area contributed by atoms with Crippen molar-refractivity contribution in [2.24, 2.45) is 0 Å². The molecule has 0 fully saturated rings. The third-order valence-corrected chi connectivity index (χ3v) is 7.51. The molecule has 2 aromatic rings. The fourth-order valence-electron chi connectivity index (χ4n) is 5.28. The fourth-order valence-corrected chi connectivity index (χ4v) is 5.28. The number of aryl methyl sites for hydroxylation is 1. The molecule has 8 heteroatoms. The molecule has 0 saturated heterocycles. The molecule has 0 spiro atoms. The zero-order valence-corrected chi connectivity index (χ0v) is 27.9. The molecule has 0 heterocycles. The normalized spacial score (nSPS) is 13.4. The first-order chi connectivity index (χ1) is 20.9. The second-order valence-corrected chi connectivity index (χ2v) is 12.8. The van der Waals surface area contributed by atoms with Crippen molar-refractivity contribution in [2.45, 2.75) is 130 Å². The van der Waals surface area contributed by atoms with E-state index in [1.165, 1.54) is 0 Å². The maximum atomic E-state index is 14.6. The first kappa shape index (κ1) is 36.6. The number of nitrogens with zero attached hydrogens (tertiary/aromatic N) is 1. The van der Waals surface area contributed by atoms with E-state index in [0.29, 0.717) is 24.1 Å². The highest BCUT2D eigenvalue weighted by molar-refractivity contribution is 5.92. The van der Waals surface area contributed by atoms with Crippen LogP contribution in [0, 0.1) is 6.92 Å². The summed E-state index contributed by atoms with van der Waals surface area (Å²) in [6.07, 6.45) is 7.35. The molecule has 244 valence electrons. The van der Waals surface area contributed by atoms with Crippen molar-refractivity contribution in [3.63, 3.8) is 0 Å². The van der Waals surface area contributed by atoms with E-state index in [1.807, 2.05) is 37.3 Å². The van der Waals surface area contributed by atoms with Gasteiger partial charge in [0, 0.05) is 19.0 Å². The van der Waals surface area contributed by atoms with Gasteiger partial charge in [-0.2, -0.15) is 0 Å². The summed E-state index contributed by atoms with van der Waals surface area (Å²) in [5, 5.41) is 16.2. The Bertz CT molecular complexity index is 1180. The molecule has 0 aliphatic heterocycles. The van der Waals surface area contributed by atoms with E-state index in [2.05, 4.69) is 24.5 Å². The van der Waals surface area contributed by atoms with Crippen LogP contribution in [0.25, 0.3) is 0 Å². The molecule has 8 nitrogen and oxygen atoms in total. The Hall–Kier alpha value is -3.55. The quantitative estimate of drug-likeness (QED) is 0.162. The number of nitrogens with one attached hydrogen (secondary N) is 2. The van der Waals surface area contributed by atoms with E-state index in [4.69, 9.17) is 4.74 Å². The molecule has 3 unspecified atom stereocenters. The van der Waals surface area contributed by atoms with Gasteiger partial charge in [0.15, 0.2) is 0 Å². The molecule has 3 N–H and O–H groups in total. The fraction of sp³-hybridized carbons (Fsp3) is 0.583. The summed E-state index contributed by atoms with van der Waals surface area (Å²) in [6.45, 7) is 13.6. The Morgan fingerprint density at radius 3 is 2.18 bits per heavy atom. The molecular formula is C36H55N3O5. The number of benzene rings is 2. The highest BCUT2D eigenvalue weighted by Crippen LogP contribution is 2.28. The summed E-state index contributed by atoms with van der Waals surface area (Å²) in [7, 11) is 0. The minimum Gasteiger partial charge on any atom is -0.508 e. The van der Waals surface area contributed by atoms with Crippen LogP contribution in [0.1, 0.15) is 116 Å². The lowest BCUT2D eigenvalue weighted by molar-refractivity contribution is -0.142. The van der Waals surface area contributed by atoms with Crippen molar-refractivity contribution in [3.05, 3.63) is 65.2 Å². The van der Waals surface area contributed by atoms with Gasteiger partial charge in [-0.25, -0.2) is 4.79 Å². The van der Waals surface area contributed by atoms with Crippen molar-refractivity contribution in [2.75, 3.05) is 6.54 Å². The van der Waals surface area contributed by atoms with Gasteiger partial charge < -0.3 is 25.4 Å². The summed E-state index contributed by atoms with van der Waals surface area (Å²) in [4.78, 5) is 43.3. The average molecular weight is 610 g/mol. The van der Waals surface area contributed by atoms with E-state index in [1.54, 1.807) is 50.8 Å². The highest BCUT2D eigenvalue weighted by atomic mass is 16.6. The molecule has 0 bridgehead atoms. The Balaban J connectivity index is 2.56. The van der Waals surface area contributed by atoms with E-state index >= 15 is 0 Å². The largest absolute Gasteiger partial charge is 0.508 e. The SMILES string of the molecule is CCCCCCCCN(C(=O)C(Cc1ccccc1)NC(=O)OC(C)(C)C)C(C(=O)NC(C)CCC)c1ccc(O)c(C)c1. The number of unbranched alkanes of at least 4 members (excludes halogenated alkanes) is 5. The number of hydrogen-bond acceptors (Lipinski definition) is 5. The van der Waals surface area contributed by atoms with Crippen LogP contribution in [0.3, 0.4) is 0 Å². The predicted octanol–water partition coefficient (Wildman–Crippen LogP) is 7.37. The van der Waals surface area contributed by atoms with Crippen LogP contribution in [0.5, 0.6) is 5.75 Å². The molecule has 0 aromatic heterocycles. The zero-order chi connectivity index (χ0) is 32.7. The summed E-state index contributed by atoms with van der Waals surface area (Å²) < 4.78 is 5.55. The Morgan fingerprint density at radius 2 is 1.57 bits per heavy atom. The van der Waals surface area contributed by atoms with Crippen LogP contribution >= 0.6 is 0 Å². The van der Waals surface area contributed by atoms with Crippen LogP contribution in [-0.2, 0) is 20.7 Å². The maximum Gasteiger partial charge on any atom is 0.408 e. The number of phenolic OH excluding ortho intramolecular Hbond substituents is 1. The number of amides is 3. The molecule has 0 aliphatic carbocycles. The van der Waals surface area contributed by atoms with Crippen LogP contribution < -0.4 is 10.6 Å². The van der Waals surface area contributed by atoms with Gasteiger partial charge in [-0.1, -0.05) is 88.8 Å². The van der Waals surface area contributed by atoms with Crippen molar-refractivity contribution in [1.82, 2.24) is 15.5 Å². The minimum absolute atomic E-state index is 0.0841. The monoisotopic (exact) mass is 609 g/mol. The Labute approximate surface area is 264 Å². The smallest absolute Gasteiger partial charge is 0.408 e. The molecule has 3 atom stereocenters. The number of phenols is 1. The third-order valence-electron chi connectivity index (χ3n) is 7.51. The number of carbonyl (C=O) groups excluding carboxylic acids is 3. The van der Waals surface area contributed by atoms with Gasteiger partial charge in [0.2, 0.25) is 11.8 Å². The lowest BCUT2D eigenvalue weighted by Gasteiger charge is -2.35. The highest BCUT2D eigenvalue weighted by Gasteiger charge is 2.36. The number of aromatic hydroxyl groups is 1. The average Bonchev–Trinajstić information content (AvgIpc) is 2.95. The number of hydrogen-bond donors (Lipinski definition) is 3. The zero-order valence-electron chi connectivity index (χ0n) is 27.9. The maximum absolute atomic E-state index is 14.6. The van der Waals surface area contributed by atoms with E-state index in [-0.39, 0.29) is 30.0 Å². The standard InChI is InChI=1S/C36H55N3O5/c1-8-10-11-12-13-17-23-39(32(33(41)37-27(4)18-9-2)29-21-22-31(40)26(3)24-29)34(42)30(25-28-19-15-14-16-20-28)38-35(43)44-36(5,6)7/h14-16,19-22,24,27,30,32,40H,8-13,17-18,23,25H2,1-7H3,(H,37,41)(H,38,43). The van der Waals surface area contributed by atoms with Crippen LogP contribution in [0.4, 0.5) is 4.79 Å². The van der Waals surface area contributed by atoms with Crippen LogP contribution in [0.2, 0.25) is 0 Å². The van der Waals surface area contributed by atoms with Gasteiger partial charge >= 0.3 is 6.09 Å². The molecule has 44 heavy (non-hydrogen) atoms. The number of alkyl carbamates (subject to hydrolysis) is 1. The lowest BCUT2D eigenvalue weighted by Crippen LogP contribution is -2.54. The summed E-state index contributed by atoms with van der Waals surface area (Å²) in [5.41, 5.74) is 1.35. The van der Waals surface area contributed by atoms with Gasteiger partial charge in [0.05, 0.1) is 0 Å². The van der Waals surface area contributed by atoms with Crippen molar-refractivity contribution in [3.8, 4) is 5.75 Å². The van der Waals surface area contributed by atoms with Crippen molar-refractivity contribution >= 4 is 17.9 Å². The second kappa shape index (κ2) is 18.3. The predicted molar refractivity (Wildman–Crippen MR) is 176 cm³/mol. The first-order valence-corrected chi connectivity index (χ1v) is 16.3. The van der Waals surface area contributed by atoms with Gasteiger partial charge in [-0.15, -0.1) is 0 Å². The van der Waals surface area contributed by atoms with Gasteiger partial charge in [0.25, 0.3) is 0 Å². The number of carbonyl (C=O) groups is 3. The van der Waals surface area contributed by atoms with Crippen LogP contribution in [0.15, 0.2) is 48.5 Å². The number of rotatable bonds is 17. The first-order valence-electron chi connectivity index (χ1n) is 16.3. The molecule has 2 aromatic carbocycles. The molecule has 0 saturated carbocycles. The Kier molecular flexibility index (Phi) is 15.2. The van der Waals surface area contributed by atoms with Crippen molar-refractivity contribution in [1.29, 1.82) is 0 Å². The molecule has 3 amide bonds. The van der Waals surface area contributed by atoms with Gasteiger partial charge in [-0.05, 0) is 76.3 Å². The van der Waals surface area contributed by atoms with E-state index < -0.39 is 23.8 Å². The second-order valence-electron chi connectivity index (χ2n) is 12.8. The minimum atomic E-state index is -0.964. The molecule has 0 aliphatic rings. The molecular weight excluding hydrogens is 554 g/mol. The lowest BCUT2D eigenvalue weighted by atomic mass is 9.97. The van der Waals surface area contributed by atoms with Crippen molar-refractivity contribution < 1.29 is 24.2 Å². The topological polar surface area (TPSA) is 108 Å². The molecule has 2 rings (SSSR count).